The van der Waals surface area contributed by atoms with Crippen LogP contribution in [0.5, 0.6) is 0 Å². The molecule has 1 saturated heterocycles. The van der Waals surface area contributed by atoms with Crippen molar-refractivity contribution in [3.8, 4) is 0 Å². The number of nitrogens with two attached hydrogens (primary N) is 1. The van der Waals surface area contributed by atoms with E-state index >= 15 is 0 Å². The molecule has 1 aliphatic heterocycles. The molecule has 0 saturated carbocycles. The van der Waals surface area contributed by atoms with E-state index in [0.29, 0.717) is 31.1 Å². The number of rotatable bonds is 5. The molecule has 4 N–H and O–H groups in total. The fraction of sp³-hybridized carbons (Fsp3) is 0.667. The van der Waals surface area contributed by atoms with Crippen LogP contribution in [0.3, 0.4) is 0 Å². The lowest BCUT2D eigenvalue weighted by Gasteiger charge is -2.44. The molecule has 0 spiro atoms. The van der Waals surface area contributed by atoms with Crippen LogP contribution < -0.4 is 10.6 Å². The van der Waals surface area contributed by atoms with E-state index in [9.17, 15) is 15.0 Å². The van der Waals surface area contributed by atoms with Crippen LogP contribution in [0.1, 0.15) is 33.1 Å². The van der Waals surface area contributed by atoms with E-state index in [1.54, 1.807) is 12.3 Å². The van der Waals surface area contributed by atoms with Crippen molar-refractivity contribution < 1.29 is 15.0 Å². The first-order chi connectivity index (χ1) is 10.3. The van der Waals surface area contributed by atoms with Crippen molar-refractivity contribution in [2.75, 3.05) is 23.7 Å². The normalized spacial score (nSPS) is 25.5. The Labute approximate surface area is 130 Å². The number of piperidine rings is 1. The fourth-order valence-corrected chi connectivity index (χ4v) is 2.92. The molecule has 0 unspecified atom stereocenters. The van der Waals surface area contributed by atoms with Crippen LogP contribution in [0.2, 0.25) is 0 Å². The van der Waals surface area contributed by atoms with Gasteiger partial charge in [-0.15, -0.1) is 0 Å². The van der Waals surface area contributed by atoms with E-state index in [1.165, 1.54) is 0 Å². The molecule has 0 aliphatic carbocycles. The van der Waals surface area contributed by atoms with E-state index < -0.39 is 17.5 Å². The molecule has 0 aromatic carbocycles. The van der Waals surface area contributed by atoms with Crippen LogP contribution >= 0.6 is 0 Å². The van der Waals surface area contributed by atoms with Gasteiger partial charge in [0.05, 0.1) is 6.10 Å². The molecule has 1 fully saturated rings. The van der Waals surface area contributed by atoms with Gasteiger partial charge in [0.2, 0.25) is 5.95 Å². The Morgan fingerprint density at radius 3 is 2.91 bits per heavy atom. The zero-order valence-electron chi connectivity index (χ0n) is 13.1. The van der Waals surface area contributed by atoms with Crippen LogP contribution in [-0.4, -0.2) is 45.3 Å². The summed E-state index contributed by atoms with van der Waals surface area (Å²) < 4.78 is 0. The lowest BCUT2D eigenvalue weighted by atomic mass is 9.73. The van der Waals surface area contributed by atoms with Gasteiger partial charge in [-0.05, 0) is 31.2 Å². The van der Waals surface area contributed by atoms with Gasteiger partial charge in [0.1, 0.15) is 11.2 Å². The number of aliphatic hydroxyl groups is 1. The average Bonchev–Trinajstić information content (AvgIpc) is 2.46. The largest absolute Gasteiger partial charge is 0.481 e. The number of aromatic nitrogens is 2. The van der Waals surface area contributed by atoms with Gasteiger partial charge in [0.25, 0.3) is 0 Å². The molecule has 22 heavy (non-hydrogen) atoms. The number of nitrogen functional groups attached to an aromatic ring is 1. The van der Waals surface area contributed by atoms with Crippen LogP contribution in [-0.2, 0) is 4.79 Å². The Hall–Kier alpha value is -1.89. The Balaban J connectivity index is 2.26. The first-order valence-corrected chi connectivity index (χ1v) is 7.60. The second-order valence-electron chi connectivity index (χ2n) is 6.39. The van der Waals surface area contributed by atoms with E-state index in [4.69, 9.17) is 5.73 Å². The number of carboxylic acids is 1. The predicted molar refractivity (Wildman–Crippen MR) is 83.4 cm³/mol. The van der Waals surface area contributed by atoms with Gasteiger partial charge >= 0.3 is 5.97 Å². The van der Waals surface area contributed by atoms with Crippen LogP contribution in [0.15, 0.2) is 12.3 Å². The van der Waals surface area contributed by atoms with E-state index in [-0.39, 0.29) is 12.5 Å². The second kappa shape index (κ2) is 6.48. The Morgan fingerprint density at radius 1 is 1.59 bits per heavy atom. The van der Waals surface area contributed by atoms with Crippen molar-refractivity contribution in [2.45, 2.75) is 39.2 Å². The van der Waals surface area contributed by atoms with Gasteiger partial charge in [-0.3, -0.25) is 4.79 Å². The molecular formula is C15H24N4O3. The first kappa shape index (κ1) is 16.5. The molecular weight excluding hydrogens is 284 g/mol. The Bertz CT molecular complexity index is 537. The summed E-state index contributed by atoms with van der Waals surface area (Å²) in [6, 6.07) is 1.71. The molecule has 0 amide bonds. The molecule has 0 bridgehead atoms. The van der Waals surface area contributed by atoms with Crippen molar-refractivity contribution in [1.82, 2.24) is 9.97 Å². The molecule has 122 valence electrons. The number of aliphatic hydroxyl groups excluding tert-OH is 1. The summed E-state index contributed by atoms with van der Waals surface area (Å²) in [4.78, 5) is 21.8. The summed E-state index contributed by atoms with van der Waals surface area (Å²) in [5, 5.41) is 20.1. The lowest BCUT2D eigenvalue weighted by Crippen LogP contribution is -2.56. The van der Waals surface area contributed by atoms with Crippen LogP contribution in [0.4, 0.5) is 11.8 Å². The monoisotopic (exact) mass is 308 g/mol. The zero-order chi connectivity index (χ0) is 16.3. The number of hydrogen-bond acceptors (Lipinski definition) is 6. The number of carboxylic acid groups (broad SMARTS) is 1. The molecule has 7 nitrogen and oxygen atoms in total. The molecule has 2 heterocycles. The highest BCUT2D eigenvalue weighted by molar-refractivity contribution is 5.77. The quantitative estimate of drug-likeness (QED) is 0.747. The predicted octanol–water partition coefficient (Wildman–Crippen LogP) is 1.14. The highest BCUT2D eigenvalue weighted by Crippen LogP contribution is 2.37. The zero-order valence-corrected chi connectivity index (χ0v) is 13.1. The number of aliphatic carboxylic acids is 1. The highest BCUT2D eigenvalue weighted by atomic mass is 16.4. The van der Waals surface area contributed by atoms with E-state index in [2.05, 4.69) is 9.97 Å². The molecule has 2 atom stereocenters. The van der Waals surface area contributed by atoms with Crippen molar-refractivity contribution in [3.05, 3.63) is 12.3 Å². The smallest absolute Gasteiger partial charge is 0.314 e. The average molecular weight is 308 g/mol. The standard InChI is InChI=1S/C15H24N4O3/c1-10(2)3-6-15(13(21)22)9-19(8-5-11(15)20)12-4-7-17-14(16)18-12/h4,7,10-11,20H,3,5-6,8-9H2,1-2H3,(H,21,22)(H2,16,17,18)/t11-,15+/m0/s1. The summed E-state index contributed by atoms with van der Waals surface area (Å²) in [5.74, 6) is 0.196. The van der Waals surface area contributed by atoms with Crippen molar-refractivity contribution >= 4 is 17.7 Å². The first-order valence-electron chi connectivity index (χ1n) is 7.60. The topological polar surface area (TPSA) is 113 Å². The van der Waals surface area contributed by atoms with Crippen molar-refractivity contribution in [2.24, 2.45) is 11.3 Å². The SMILES string of the molecule is CC(C)CC[C@@]1(C(=O)O)CN(c2ccnc(N)n2)CC[C@@H]1O. The molecule has 0 radical (unpaired) electrons. The van der Waals surface area contributed by atoms with Gasteiger partial charge in [0, 0.05) is 19.3 Å². The maximum atomic E-state index is 11.9. The van der Waals surface area contributed by atoms with Crippen LogP contribution in [0, 0.1) is 11.3 Å². The Morgan fingerprint density at radius 2 is 2.32 bits per heavy atom. The van der Waals surface area contributed by atoms with Gasteiger partial charge in [-0.1, -0.05) is 13.8 Å². The number of nitrogens with zero attached hydrogens (tertiary/aromatic N) is 3. The molecule has 1 aromatic rings. The third-order valence-corrected chi connectivity index (χ3v) is 4.36. The third-order valence-electron chi connectivity index (χ3n) is 4.36. The third kappa shape index (κ3) is 3.30. The van der Waals surface area contributed by atoms with E-state index in [0.717, 1.165) is 6.42 Å². The van der Waals surface area contributed by atoms with Gasteiger partial charge < -0.3 is 20.8 Å². The lowest BCUT2D eigenvalue weighted by molar-refractivity contribution is -0.158. The minimum atomic E-state index is -1.16. The number of carbonyl (C=O) groups is 1. The minimum Gasteiger partial charge on any atom is -0.481 e. The molecule has 7 heteroatoms. The van der Waals surface area contributed by atoms with Gasteiger partial charge in [0.15, 0.2) is 0 Å². The Kier molecular flexibility index (Phi) is 4.85. The maximum Gasteiger partial charge on any atom is 0.314 e. The summed E-state index contributed by atoms with van der Waals surface area (Å²) in [5.41, 5.74) is 4.44. The maximum absolute atomic E-state index is 11.9. The molecule has 1 aromatic heterocycles. The fourth-order valence-electron chi connectivity index (χ4n) is 2.92. The van der Waals surface area contributed by atoms with Crippen molar-refractivity contribution in [3.63, 3.8) is 0 Å². The van der Waals surface area contributed by atoms with E-state index in [1.807, 2.05) is 18.7 Å². The van der Waals surface area contributed by atoms with Crippen LogP contribution in [0.25, 0.3) is 0 Å². The molecule has 1 aliphatic rings. The van der Waals surface area contributed by atoms with Crippen molar-refractivity contribution in [1.29, 1.82) is 0 Å². The van der Waals surface area contributed by atoms with Gasteiger partial charge in [-0.25, -0.2) is 4.98 Å². The number of anilines is 2. The highest BCUT2D eigenvalue weighted by Gasteiger charge is 2.49. The number of hydrogen-bond donors (Lipinski definition) is 3. The summed E-state index contributed by atoms with van der Waals surface area (Å²) >= 11 is 0. The summed E-state index contributed by atoms with van der Waals surface area (Å²) in [6.07, 6.45) is 2.30. The molecule has 2 rings (SSSR count). The summed E-state index contributed by atoms with van der Waals surface area (Å²) in [6.45, 7) is 4.88. The van der Waals surface area contributed by atoms with Gasteiger partial charge in [-0.2, -0.15) is 4.98 Å². The second-order valence-corrected chi connectivity index (χ2v) is 6.39. The minimum absolute atomic E-state index is 0.159. The summed E-state index contributed by atoms with van der Waals surface area (Å²) in [7, 11) is 0.